The predicted octanol–water partition coefficient (Wildman–Crippen LogP) is 1.29. The van der Waals surface area contributed by atoms with Crippen LogP contribution in [0.3, 0.4) is 0 Å². The summed E-state index contributed by atoms with van der Waals surface area (Å²) < 4.78 is 0. The van der Waals surface area contributed by atoms with E-state index in [2.05, 4.69) is 4.99 Å². The number of hydrogen-bond donors (Lipinski definition) is 1. The molecule has 44 valence electrons. The molecule has 0 aromatic rings. The second kappa shape index (κ2) is 1.99. The zero-order valence-electron chi connectivity index (χ0n) is 4.89. The third kappa shape index (κ3) is 0.886. The largest absolute Gasteiger partial charge is 0.506 e. The third-order valence-corrected chi connectivity index (χ3v) is 1.19. The highest BCUT2D eigenvalue weighted by Gasteiger charge is 2.00. The molecule has 0 bridgehead atoms. The molecule has 1 aliphatic heterocycles. The first-order valence-electron chi connectivity index (χ1n) is 2.71. The Labute approximate surface area is 48.6 Å². The van der Waals surface area contributed by atoms with Crippen molar-refractivity contribution in [3.63, 3.8) is 0 Å². The van der Waals surface area contributed by atoms with Crippen LogP contribution in [0.2, 0.25) is 0 Å². The fraction of sp³-hybridized carbons (Fsp3) is 0.500. The minimum atomic E-state index is 0.344. The van der Waals surface area contributed by atoms with Crippen LogP contribution >= 0.6 is 0 Å². The van der Waals surface area contributed by atoms with Gasteiger partial charge in [-0.2, -0.15) is 0 Å². The van der Waals surface area contributed by atoms with Crippen LogP contribution in [0.15, 0.2) is 16.8 Å². The van der Waals surface area contributed by atoms with Gasteiger partial charge in [0.25, 0.3) is 0 Å². The summed E-state index contributed by atoms with van der Waals surface area (Å²) >= 11 is 0. The summed E-state index contributed by atoms with van der Waals surface area (Å²) in [6.07, 6.45) is 2.67. The number of dihydropyridines is 1. The van der Waals surface area contributed by atoms with Gasteiger partial charge >= 0.3 is 0 Å². The number of nitrogens with zero attached hydrogens (tertiary/aromatic N) is 1. The van der Waals surface area contributed by atoms with E-state index in [1.165, 1.54) is 0 Å². The van der Waals surface area contributed by atoms with E-state index in [0.29, 0.717) is 5.76 Å². The summed E-state index contributed by atoms with van der Waals surface area (Å²) in [6.45, 7) is 2.64. The van der Waals surface area contributed by atoms with E-state index in [0.717, 1.165) is 18.7 Å². The first kappa shape index (κ1) is 5.35. The van der Waals surface area contributed by atoms with E-state index in [1.54, 1.807) is 6.08 Å². The zero-order valence-corrected chi connectivity index (χ0v) is 4.89. The van der Waals surface area contributed by atoms with Crippen molar-refractivity contribution in [1.29, 1.82) is 0 Å². The Morgan fingerprint density at radius 2 is 2.50 bits per heavy atom. The van der Waals surface area contributed by atoms with E-state index >= 15 is 0 Å². The number of rotatable bonds is 0. The lowest BCUT2D eigenvalue weighted by Crippen LogP contribution is -2.02. The SMILES string of the molecule is CC1=NCCC=C1O. The summed E-state index contributed by atoms with van der Waals surface area (Å²) in [4.78, 5) is 4.01. The van der Waals surface area contributed by atoms with Gasteiger partial charge in [-0.05, 0) is 19.4 Å². The van der Waals surface area contributed by atoms with Crippen LogP contribution in [0.1, 0.15) is 13.3 Å². The maximum absolute atomic E-state index is 8.91. The van der Waals surface area contributed by atoms with Gasteiger partial charge in [0, 0.05) is 6.54 Å². The van der Waals surface area contributed by atoms with Gasteiger partial charge in [0.15, 0.2) is 0 Å². The standard InChI is InChI=1S/C6H9NO/c1-5-6(8)3-2-4-7-5/h3,8H,2,4H2,1H3. The van der Waals surface area contributed by atoms with E-state index in [-0.39, 0.29) is 0 Å². The Balaban J connectivity index is 2.73. The second-order valence-corrected chi connectivity index (χ2v) is 1.85. The average molecular weight is 111 g/mol. The van der Waals surface area contributed by atoms with E-state index < -0.39 is 0 Å². The van der Waals surface area contributed by atoms with Crippen molar-refractivity contribution in [2.75, 3.05) is 6.54 Å². The average Bonchev–Trinajstić information content (AvgIpc) is 1.77. The summed E-state index contributed by atoms with van der Waals surface area (Å²) in [5.41, 5.74) is 0.760. The lowest BCUT2D eigenvalue weighted by molar-refractivity contribution is 0.437. The smallest absolute Gasteiger partial charge is 0.132 e. The van der Waals surface area contributed by atoms with Crippen molar-refractivity contribution in [3.8, 4) is 0 Å². The Morgan fingerprint density at radius 3 is 2.88 bits per heavy atom. The summed E-state index contributed by atoms with van der Waals surface area (Å²) in [5, 5.41) is 8.91. The predicted molar refractivity (Wildman–Crippen MR) is 33.3 cm³/mol. The first-order valence-corrected chi connectivity index (χ1v) is 2.71. The molecule has 0 spiro atoms. The normalized spacial score (nSPS) is 19.6. The number of aliphatic imine (C=N–C) groups is 1. The van der Waals surface area contributed by atoms with Gasteiger partial charge in [-0.1, -0.05) is 0 Å². The molecular formula is C6H9NO. The fourth-order valence-corrected chi connectivity index (χ4v) is 0.662. The van der Waals surface area contributed by atoms with Crippen molar-refractivity contribution in [2.45, 2.75) is 13.3 Å². The number of allylic oxidation sites excluding steroid dienone is 1. The highest BCUT2D eigenvalue weighted by molar-refractivity contribution is 5.96. The van der Waals surface area contributed by atoms with Crippen LogP contribution < -0.4 is 0 Å². The lowest BCUT2D eigenvalue weighted by atomic mass is 10.2. The van der Waals surface area contributed by atoms with Crippen molar-refractivity contribution >= 4 is 5.71 Å². The van der Waals surface area contributed by atoms with Crippen LogP contribution in [-0.2, 0) is 0 Å². The van der Waals surface area contributed by atoms with Gasteiger partial charge < -0.3 is 5.11 Å². The van der Waals surface area contributed by atoms with Gasteiger partial charge in [0.1, 0.15) is 5.76 Å². The van der Waals surface area contributed by atoms with Gasteiger partial charge in [-0.15, -0.1) is 0 Å². The first-order chi connectivity index (χ1) is 3.80. The molecule has 0 aromatic heterocycles. The molecule has 0 atom stereocenters. The van der Waals surface area contributed by atoms with Crippen LogP contribution in [0, 0.1) is 0 Å². The van der Waals surface area contributed by atoms with Crippen LogP contribution in [0.5, 0.6) is 0 Å². The lowest BCUT2D eigenvalue weighted by Gasteiger charge is -2.03. The summed E-state index contributed by atoms with van der Waals surface area (Å²) in [5.74, 6) is 0.344. The Kier molecular flexibility index (Phi) is 1.33. The van der Waals surface area contributed by atoms with Gasteiger partial charge in [-0.3, -0.25) is 4.99 Å². The van der Waals surface area contributed by atoms with Crippen LogP contribution in [0.25, 0.3) is 0 Å². The van der Waals surface area contributed by atoms with Gasteiger partial charge in [0.2, 0.25) is 0 Å². The molecule has 1 N–H and O–H groups in total. The molecule has 0 aromatic carbocycles. The number of hydrogen-bond acceptors (Lipinski definition) is 2. The molecule has 2 heteroatoms. The number of aliphatic hydroxyl groups is 1. The molecule has 8 heavy (non-hydrogen) atoms. The quantitative estimate of drug-likeness (QED) is 0.502. The Hall–Kier alpha value is -0.790. The molecule has 0 amide bonds. The van der Waals surface area contributed by atoms with Crippen molar-refractivity contribution in [2.24, 2.45) is 4.99 Å². The highest BCUT2D eigenvalue weighted by Crippen LogP contribution is 2.02. The number of aliphatic hydroxyl groups excluding tert-OH is 1. The molecule has 2 nitrogen and oxygen atoms in total. The molecule has 0 aliphatic carbocycles. The Bertz CT molecular complexity index is 129. The fourth-order valence-electron chi connectivity index (χ4n) is 0.662. The van der Waals surface area contributed by atoms with Gasteiger partial charge in [-0.25, -0.2) is 0 Å². The zero-order chi connectivity index (χ0) is 5.98. The minimum absolute atomic E-state index is 0.344. The topological polar surface area (TPSA) is 32.6 Å². The van der Waals surface area contributed by atoms with Crippen molar-refractivity contribution < 1.29 is 5.11 Å². The van der Waals surface area contributed by atoms with Crippen LogP contribution in [-0.4, -0.2) is 17.4 Å². The van der Waals surface area contributed by atoms with E-state index in [1.807, 2.05) is 6.92 Å². The highest BCUT2D eigenvalue weighted by atomic mass is 16.3. The van der Waals surface area contributed by atoms with E-state index in [9.17, 15) is 0 Å². The summed E-state index contributed by atoms with van der Waals surface area (Å²) in [7, 11) is 0. The minimum Gasteiger partial charge on any atom is -0.506 e. The molecule has 0 unspecified atom stereocenters. The van der Waals surface area contributed by atoms with E-state index in [4.69, 9.17) is 5.11 Å². The monoisotopic (exact) mass is 111 g/mol. The third-order valence-electron chi connectivity index (χ3n) is 1.19. The Morgan fingerprint density at radius 1 is 1.75 bits per heavy atom. The molecule has 0 saturated heterocycles. The maximum Gasteiger partial charge on any atom is 0.132 e. The molecular weight excluding hydrogens is 102 g/mol. The second-order valence-electron chi connectivity index (χ2n) is 1.85. The molecule has 1 rings (SSSR count). The molecule has 1 aliphatic rings. The van der Waals surface area contributed by atoms with Crippen LogP contribution in [0.4, 0.5) is 0 Å². The maximum atomic E-state index is 8.91. The molecule has 0 fully saturated rings. The van der Waals surface area contributed by atoms with Crippen molar-refractivity contribution in [1.82, 2.24) is 0 Å². The molecule has 1 heterocycles. The van der Waals surface area contributed by atoms with Crippen molar-refractivity contribution in [3.05, 3.63) is 11.8 Å². The molecule has 0 saturated carbocycles. The molecule has 0 radical (unpaired) electrons. The van der Waals surface area contributed by atoms with Gasteiger partial charge in [0.05, 0.1) is 5.71 Å². The summed E-state index contributed by atoms with van der Waals surface area (Å²) in [6, 6.07) is 0.